The van der Waals surface area contributed by atoms with Gasteiger partial charge in [-0.05, 0) is 50.8 Å². The molecule has 0 saturated carbocycles. The lowest BCUT2D eigenvalue weighted by atomic mass is 9.77. The molecule has 0 radical (unpaired) electrons. The fourth-order valence-electron chi connectivity index (χ4n) is 3.79. The third-order valence-corrected chi connectivity index (χ3v) is 5.10. The highest BCUT2D eigenvalue weighted by Gasteiger charge is 2.44. The molecule has 3 heterocycles. The molecular formula is C16H25N3O. The monoisotopic (exact) mass is 275 g/mol. The predicted octanol–water partition coefficient (Wildman–Crippen LogP) is 2.46. The number of hydrogen-bond acceptors (Lipinski definition) is 2. The van der Waals surface area contributed by atoms with E-state index in [4.69, 9.17) is 0 Å². The molecule has 0 aromatic carbocycles. The van der Waals surface area contributed by atoms with Crippen LogP contribution in [-0.2, 0) is 4.79 Å². The van der Waals surface area contributed by atoms with Gasteiger partial charge in [0.2, 0.25) is 5.91 Å². The van der Waals surface area contributed by atoms with Crippen molar-refractivity contribution in [1.82, 2.24) is 15.2 Å². The molecule has 1 aromatic heterocycles. The fourth-order valence-corrected chi connectivity index (χ4v) is 3.79. The summed E-state index contributed by atoms with van der Waals surface area (Å²) < 4.78 is 0. The standard InChI is InChI=1S/C16H25N3O/c1-2-16(8-5-9-17-12-16)15(20)19-11-4-7-14(19)13-6-3-10-18-13/h3,6,10,14,17-18H,2,4-5,7-9,11-12H2,1H3. The Bertz CT molecular complexity index is 448. The van der Waals surface area contributed by atoms with E-state index in [1.807, 2.05) is 12.3 Å². The molecule has 110 valence electrons. The van der Waals surface area contributed by atoms with Crippen LogP contribution in [0.5, 0.6) is 0 Å². The van der Waals surface area contributed by atoms with Crippen molar-refractivity contribution >= 4 is 5.91 Å². The van der Waals surface area contributed by atoms with Gasteiger partial charge in [-0.3, -0.25) is 4.79 Å². The zero-order valence-electron chi connectivity index (χ0n) is 12.3. The van der Waals surface area contributed by atoms with Crippen LogP contribution >= 0.6 is 0 Å². The van der Waals surface area contributed by atoms with Crippen molar-refractivity contribution in [3.05, 3.63) is 24.0 Å². The molecule has 20 heavy (non-hydrogen) atoms. The SMILES string of the molecule is CCC1(C(=O)N2CCCC2c2ccc[nH]2)CCCNC1. The maximum atomic E-state index is 13.1. The van der Waals surface area contributed by atoms with Crippen LogP contribution in [0.2, 0.25) is 0 Å². The van der Waals surface area contributed by atoms with Gasteiger partial charge in [0.1, 0.15) is 0 Å². The molecule has 2 saturated heterocycles. The second-order valence-electron chi connectivity index (χ2n) is 6.20. The van der Waals surface area contributed by atoms with Crippen molar-refractivity contribution in [1.29, 1.82) is 0 Å². The molecule has 2 unspecified atom stereocenters. The van der Waals surface area contributed by atoms with Gasteiger partial charge in [0.25, 0.3) is 0 Å². The normalized spacial score (nSPS) is 30.6. The van der Waals surface area contributed by atoms with Crippen molar-refractivity contribution < 1.29 is 4.79 Å². The van der Waals surface area contributed by atoms with Gasteiger partial charge in [-0.1, -0.05) is 6.92 Å². The smallest absolute Gasteiger partial charge is 0.230 e. The Morgan fingerprint density at radius 3 is 3.05 bits per heavy atom. The summed E-state index contributed by atoms with van der Waals surface area (Å²) in [7, 11) is 0. The number of carbonyl (C=O) groups is 1. The van der Waals surface area contributed by atoms with E-state index in [0.717, 1.165) is 51.7 Å². The Kier molecular flexibility index (Phi) is 3.83. The highest BCUT2D eigenvalue weighted by atomic mass is 16.2. The van der Waals surface area contributed by atoms with E-state index in [1.54, 1.807) is 0 Å². The van der Waals surface area contributed by atoms with E-state index in [9.17, 15) is 4.79 Å². The first-order chi connectivity index (χ1) is 9.77. The lowest BCUT2D eigenvalue weighted by Gasteiger charge is -2.40. The first-order valence-corrected chi connectivity index (χ1v) is 7.92. The fraction of sp³-hybridized carbons (Fsp3) is 0.688. The molecule has 4 heteroatoms. The van der Waals surface area contributed by atoms with E-state index in [0.29, 0.717) is 5.91 Å². The summed E-state index contributed by atoms with van der Waals surface area (Å²) in [4.78, 5) is 18.5. The van der Waals surface area contributed by atoms with Gasteiger partial charge in [-0.25, -0.2) is 0 Å². The average Bonchev–Trinajstić information content (AvgIpc) is 3.17. The van der Waals surface area contributed by atoms with Crippen LogP contribution in [0.15, 0.2) is 18.3 Å². The summed E-state index contributed by atoms with van der Waals surface area (Å²) in [5.74, 6) is 0.365. The largest absolute Gasteiger partial charge is 0.363 e. The molecule has 4 nitrogen and oxygen atoms in total. The first kappa shape index (κ1) is 13.7. The van der Waals surface area contributed by atoms with Crippen LogP contribution in [0.4, 0.5) is 0 Å². The number of carbonyl (C=O) groups excluding carboxylic acids is 1. The third kappa shape index (κ3) is 2.26. The van der Waals surface area contributed by atoms with Crippen LogP contribution < -0.4 is 5.32 Å². The topological polar surface area (TPSA) is 48.1 Å². The lowest BCUT2D eigenvalue weighted by molar-refractivity contribution is -0.144. The molecule has 2 fully saturated rings. The number of piperidine rings is 1. The maximum Gasteiger partial charge on any atom is 0.230 e. The minimum absolute atomic E-state index is 0.173. The molecule has 2 aliphatic heterocycles. The quantitative estimate of drug-likeness (QED) is 0.890. The Morgan fingerprint density at radius 1 is 1.50 bits per heavy atom. The van der Waals surface area contributed by atoms with E-state index in [2.05, 4.69) is 28.2 Å². The zero-order chi connectivity index (χ0) is 14.0. The zero-order valence-corrected chi connectivity index (χ0v) is 12.3. The van der Waals surface area contributed by atoms with Crippen molar-refractivity contribution in [2.45, 2.75) is 45.1 Å². The number of nitrogens with one attached hydrogen (secondary N) is 2. The van der Waals surface area contributed by atoms with Crippen LogP contribution in [-0.4, -0.2) is 35.4 Å². The van der Waals surface area contributed by atoms with Crippen molar-refractivity contribution in [3.63, 3.8) is 0 Å². The van der Waals surface area contributed by atoms with E-state index in [-0.39, 0.29) is 11.5 Å². The summed E-state index contributed by atoms with van der Waals surface area (Å²) in [5, 5.41) is 3.43. The van der Waals surface area contributed by atoms with E-state index < -0.39 is 0 Å². The van der Waals surface area contributed by atoms with Gasteiger partial charge < -0.3 is 15.2 Å². The summed E-state index contributed by atoms with van der Waals surface area (Å²) in [6.45, 7) is 4.96. The molecule has 0 spiro atoms. The molecule has 2 aliphatic rings. The first-order valence-electron chi connectivity index (χ1n) is 7.92. The van der Waals surface area contributed by atoms with Crippen LogP contribution in [0, 0.1) is 5.41 Å². The van der Waals surface area contributed by atoms with Gasteiger partial charge in [-0.15, -0.1) is 0 Å². The maximum absolute atomic E-state index is 13.1. The number of nitrogens with zero attached hydrogens (tertiary/aromatic N) is 1. The van der Waals surface area contributed by atoms with Gasteiger partial charge in [0.15, 0.2) is 0 Å². The van der Waals surface area contributed by atoms with Crippen molar-refractivity contribution in [2.75, 3.05) is 19.6 Å². The Labute approximate surface area is 120 Å². The summed E-state index contributed by atoms with van der Waals surface area (Å²) in [5.41, 5.74) is 1.01. The molecule has 1 amide bonds. The number of hydrogen-bond donors (Lipinski definition) is 2. The van der Waals surface area contributed by atoms with Gasteiger partial charge in [0, 0.05) is 25.0 Å². The van der Waals surface area contributed by atoms with E-state index in [1.165, 1.54) is 5.69 Å². The molecule has 3 rings (SSSR count). The number of rotatable bonds is 3. The molecule has 0 bridgehead atoms. The third-order valence-electron chi connectivity index (χ3n) is 5.10. The Hall–Kier alpha value is -1.29. The lowest BCUT2D eigenvalue weighted by Crippen LogP contribution is -2.51. The average molecular weight is 275 g/mol. The summed E-state index contributed by atoms with van der Waals surface area (Å²) in [6.07, 6.45) is 7.23. The predicted molar refractivity (Wildman–Crippen MR) is 79.3 cm³/mol. The Morgan fingerprint density at radius 2 is 2.40 bits per heavy atom. The van der Waals surface area contributed by atoms with Crippen molar-refractivity contribution in [3.8, 4) is 0 Å². The van der Waals surface area contributed by atoms with Gasteiger partial charge in [0.05, 0.1) is 11.5 Å². The molecule has 0 aliphatic carbocycles. The van der Waals surface area contributed by atoms with Crippen LogP contribution in [0.3, 0.4) is 0 Å². The van der Waals surface area contributed by atoms with Crippen molar-refractivity contribution in [2.24, 2.45) is 5.41 Å². The van der Waals surface area contributed by atoms with E-state index >= 15 is 0 Å². The molecular weight excluding hydrogens is 250 g/mol. The minimum atomic E-state index is -0.173. The highest BCUT2D eigenvalue weighted by Crippen LogP contribution is 2.39. The summed E-state index contributed by atoms with van der Waals surface area (Å²) in [6, 6.07) is 4.38. The molecule has 2 N–H and O–H groups in total. The molecule has 2 atom stereocenters. The van der Waals surface area contributed by atoms with Gasteiger partial charge >= 0.3 is 0 Å². The number of likely N-dealkylation sites (tertiary alicyclic amines) is 1. The highest BCUT2D eigenvalue weighted by molar-refractivity contribution is 5.83. The van der Waals surface area contributed by atoms with Crippen LogP contribution in [0.25, 0.3) is 0 Å². The summed E-state index contributed by atoms with van der Waals surface area (Å²) >= 11 is 0. The second kappa shape index (κ2) is 5.60. The Balaban J connectivity index is 1.81. The number of amides is 1. The van der Waals surface area contributed by atoms with Gasteiger partial charge in [-0.2, -0.15) is 0 Å². The number of aromatic amines is 1. The van der Waals surface area contributed by atoms with Crippen LogP contribution in [0.1, 0.15) is 50.8 Å². The number of aromatic nitrogens is 1. The minimum Gasteiger partial charge on any atom is -0.363 e. The number of H-pyrrole nitrogens is 1. The second-order valence-corrected chi connectivity index (χ2v) is 6.20. The molecule has 1 aromatic rings.